The van der Waals surface area contributed by atoms with Gasteiger partial charge in [0.1, 0.15) is 35.4 Å². The SMILES string of the molecule is N#CC(C#N)=C1/C(=C2\c3ccccc3-c3ncccc32)C(O)c2cc(F)cc(F)c21. The van der Waals surface area contributed by atoms with Gasteiger partial charge in [-0.1, -0.05) is 30.3 Å². The highest BCUT2D eigenvalue weighted by Gasteiger charge is 2.40. The number of nitriles is 2. The quantitative estimate of drug-likeness (QED) is 0.438. The van der Waals surface area contributed by atoms with Gasteiger partial charge in [0.05, 0.1) is 5.69 Å². The molecule has 3 aromatic rings. The van der Waals surface area contributed by atoms with E-state index in [-0.39, 0.29) is 27.8 Å². The molecular formula is C24H11F2N3O. The van der Waals surface area contributed by atoms with Crippen molar-refractivity contribution in [2.75, 3.05) is 0 Å². The van der Waals surface area contributed by atoms with Gasteiger partial charge in [0.25, 0.3) is 0 Å². The van der Waals surface area contributed by atoms with Gasteiger partial charge in [0.15, 0.2) is 0 Å². The molecule has 0 bridgehead atoms. The molecule has 1 heterocycles. The first kappa shape index (κ1) is 17.9. The molecule has 5 rings (SSSR count). The smallest absolute Gasteiger partial charge is 0.138 e. The molecule has 1 atom stereocenters. The molecule has 1 N–H and O–H groups in total. The Labute approximate surface area is 170 Å². The molecule has 2 aliphatic rings. The molecule has 1 unspecified atom stereocenters. The van der Waals surface area contributed by atoms with Crippen LogP contribution in [0.4, 0.5) is 8.78 Å². The topological polar surface area (TPSA) is 80.7 Å². The molecule has 0 saturated carbocycles. The monoisotopic (exact) mass is 395 g/mol. The maximum atomic E-state index is 14.8. The van der Waals surface area contributed by atoms with E-state index in [4.69, 9.17) is 0 Å². The van der Waals surface area contributed by atoms with Crippen LogP contribution in [0.2, 0.25) is 0 Å². The number of aliphatic hydroxyl groups is 1. The minimum absolute atomic E-state index is 0.0113. The first-order valence-electron chi connectivity index (χ1n) is 9.08. The van der Waals surface area contributed by atoms with Crippen molar-refractivity contribution in [3.63, 3.8) is 0 Å². The number of nitrogens with zero attached hydrogens (tertiary/aromatic N) is 3. The number of rotatable bonds is 0. The van der Waals surface area contributed by atoms with Crippen LogP contribution in [0.25, 0.3) is 22.4 Å². The predicted octanol–water partition coefficient (Wildman–Crippen LogP) is 4.69. The number of aromatic nitrogens is 1. The third-order valence-corrected chi connectivity index (χ3v) is 5.44. The van der Waals surface area contributed by atoms with E-state index < -0.39 is 17.7 Å². The van der Waals surface area contributed by atoms with E-state index in [1.54, 1.807) is 24.4 Å². The Morgan fingerprint density at radius 3 is 2.40 bits per heavy atom. The number of hydrogen-bond acceptors (Lipinski definition) is 4. The first-order chi connectivity index (χ1) is 14.6. The minimum Gasteiger partial charge on any atom is -0.384 e. The fraction of sp³-hybridized carbons (Fsp3) is 0.0417. The Morgan fingerprint density at radius 1 is 0.967 bits per heavy atom. The van der Waals surface area contributed by atoms with Gasteiger partial charge in [-0.15, -0.1) is 0 Å². The molecule has 30 heavy (non-hydrogen) atoms. The van der Waals surface area contributed by atoms with E-state index in [1.807, 2.05) is 30.3 Å². The lowest BCUT2D eigenvalue weighted by Gasteiger charge is -2.14. The minimum atomic E-state index is -1.41. The maximum Gasteiger partial charge on any atom is 0.138 e. The Balaban J connectivity index is 1.98. The van der Waals surface area contributed by atoms with E-state index >= 15 is 0 Å². The predicted molar refractivity (Wildman–Crippen MR) is 105 cm³/mol. The summed E-state index contributed by atoms with van der Waals surface area (Å²) in [6, 6.07) is 16.2. The largest absolute Gasteiger partial charge is 0.384 e. The molecule has 2 aromatic carbocycles. The highest BCUT2D eigenvalue weighted by molar-refractivity contribution is 6.09. The fourth-order valence-corrected chi connectivity index (χ4v) is 4.32. The zero-order valence-corrected chi connectivity index (χ0v) is 15.3. The molecule has 4 nitrogen and oxygen atoms in total. The highest BCUT2D eigenvalue weighted by atomic mass is 19.1. The van der Waals surface area contributed by atoms with Gasteiger partial charge in [-0.25, -0.2) is 8.78 Å². The summed E-state index contributed by atoms with van der Waals surface area (Å²) >= 11 is 0. The molecule has 0 aliphatic heterocycles. The maximum absolute atomic E-state index is 14.8. The van der Waals surface area contributed by atoms with Gasteiger partial charge >= 0.3 is 0 Å². The standard InChI is InChI=1S/C24H11F2N3O/c25-13-8-17-21(18(26)9-13)19(12(10-27)11-28)22(24(17)30)20-14-4-1-2-5-15(14)23-16(20)6-3-7-29-23/h1-9,24,30H/b22-20-. The Kier molecular flexibility index (Phi) is 3.86. The zero-order valence-electron chi connectivity index (χ0n) is 15.3. The molecule has 0 radical (unpaired) electrons. The van der Waals surface area contributed by atoms with Crippen molar-refractivity contribution in [2.24, 2.45) is 0 Å². The van der Waals surface area contributed by atoms with Crippen molar-refractivity contribution < 1.29 is 13.9 Å². The zero-order chi connectivity index (χ0) is 21.0. The normalized spacial score (nSPS) is 18.3. The molecule has 2 aliphatic carbocycles. The van der Waals surface area contributed by atoms with E-state index in [1.165, 1.54) is 0 Å². The van der Waals surface area contributed by atoms with Crippen molar-refractivity contribution in [1.82, 2.24) is 4.98 Å². The number of allylic oxidation sites excluding steroid dienone is 1. The van der Waals surface area contributed by atoms with E-state index in [0.29, 0.717) is 22.9 Å². The lowest BCUT2D eigenvalue weighted by molar-refractivity contribution is 0.225. The van der Waals surface area contributed by atoms with Gasteiger partial charge in [-0.05, 0) is 28.8 Å². The second-order valence-electron chi connectivity index (χ2n) is 6.96. The molecule has 0 spiro atoms. The first-order valence-corrected chi connectivity index (χ1v) is 9.08. The van der Waals surface area contributed by atoms with Crippen LogP contribution in [0, 0.1) is 34.3 Å². The summed E-state index contributed by atoms with van der Waals surface area (Å²) in [5, 5.41) is 30.3. The van der Waals surface area contributed by atoms with Crippen LogP contribution >= 0.6 is 0 Å². The average molecular weight is 395 g/mol. The summed E-state index contributed by atoms with van der Waals surface area (Å²) in [6.45, 7) is 0. The second kappa shape index (κ2) is 6.45. The molecule has 0 amide bonds. The highest BCUT2D eigenvalue weighted by Crippen LogP contribution is 2.54. The summed E-state index contributed by atoms with van der Waals surface area (Å²) in [5.41, 5.74) is 3.18. The molecule has 0 saturated heterocycles. The van der Waals surface area contributed by atoms with E-state index in [0.717, 1.165) is 17.2 Å². The Hall–Kier alpha value is -4.13. The van der Waals surface area contributed by atoms with Crippen LogP contribution in [-0.2, 0) is 0 Å². The summed E-state index contributed by atoms with van der Waals surface area (Å²) in [4.78, 5) is 4.44. The van der Waals surface area contributed by atoms with Crippen molar-refractivity contribution in [3.8, 4) is 23.4 Å². The van der Waals surface area contributed by atoms with Gasteiger partial charge in [0, 0.05) is 40.1 Å². The van der Waals surface area contributed by atoms with Gasteiger partial charge in [-0.3, -0.25) is 4.98 Å². The number of benzene rings is 2. The average Bonchev–Trinajstić information content (AvgIpc) is 3.22. The van der Waals surface area contributed by atoms with Crippen LogP contribution in [0.1, 0.15) is 28.4 Å². The summed E-state index contributed by atoms with van der Waals surface area (Å²) < 4.78 is 28.8. The number of pyridine rings is 1. The van der Waals surface area contributed by atoms with Gasteiger partial charge < -0.3 is 5.11 Å². The van der Waals surface area contributed by atoms with Crippen molar-refractivity contribution in [1.29, 1.82) is 10.5 Å². The molecule has 142 valence electrons. The lowest BCUT2D eigenvalue weighted by Crippen LogP contribution is -2.00. The summed E-state index contributed by atoms with van der Waals surface area (Å²) in [6.07, 6.45) is 0.233. The number of hydrogen-bond donors (Lipinski definition) is 1. The van der Waals surface area contributed by atoms with Crippen molar-refractivity contribution >= 4 is 11.1 Å². The molecular weight excluding hydrogens is 384 g/mol. The molecule has 6 heteroatoms. The molecule has 0 fully saturated rings. The number of halogens is 2. The third-order valence-electron chi connectivity index (χ3n) is 5.44. The second-order valence-corrected chi connectivity index (χ2v) is 6.96. The number of aliphatic hydroxyl groups excluding tert-OH is 1. The fourth-order valence-electron chi connectivity index (χ4n) is 4.32. The van der Waals surface area contributed by atoms with Gasteiger partial charge in [-0.2, -0.15) is 10.5 Å². The van der Waals surface area contributed by atoms with Crippen molar-refractivity contribution in [2.45, 2.75) is 6.10 Å². The molecule has 1 aromatic heterocycles. The lowest BCUT2D eigenvalue weighted by atomic mass is 9.90. The van der Waals surface area contributed by atoms with Crippen molar-refractivity contribution in [3.05, 3.63) is 99.8 Å². The number of fused-ring (bicyclic) bond motifs is 4. The summed E-state index contributed by atoms with van der Waals surface area (Å²) in [7, 11) is 0. The van der Waals surface area contributed by atoms with Crippen LogP contribution < -0.4 is 0 Å². The Morgan fingerprint density at radius 2 is 1.67 bits per heavy atom. The van der Waals surface area contributed by atoms with Crippen LogP contribution in [0.3, 0.4) is 0 Å². The van der Waals surface area contributed by atoms with Crippen LogP contribution in [0.5, 0.6) is 0 Å². The summed E-state index contributed by atoms with van der Waals surface area (Å²) in [5.74, 6) is -1.78. The van der Waals surface area contributed by atoms with E-state index in [2.05, 4.69) is 4.98 Å². The Bertz CT molecular complexity index is 1340. The van der Waals surface area contributed by atoms with Gasteiger partial charge in [0.2, 0.25) is 0 Å². The van der Waals surface area contributed by atoms with E-state index in [9.17, 15) is 24.4 Å². The third kappa shape index (κ3) is 2.29. The van der Waals surface area contributed by atoms with Crippen LogP contribution in [0.15, 0.2) is 65.9 Å². The van der Waals surface area contributed by atoms with Crippen LogP contribution in [-0.4, -0.2) is 10.1 Å².